The van der Waals surface area contributed by atoms with Gasteiger partial charge < -0.3 is 20.3 Å². The van der Waals surface area contributed by atoms with E-state index in [0.29, 0.717) is 5.75 Å². The molecule has 0 aromatic heterocycles. The number of carbonyl (C=O) groups is 2. The molecule has 1 aromatic rings. The van der Waals surface area contributed by atoms with Gasteiger partial charge in [-0.1, -0.05) is 12.1 Å². The number of aryl methyl sites for hydroxylation is 2. The predicted molar refractivity (Wildman–Crippen MR) is 72.7 cm³/mol. The van der Waals surface area contributed by atoms with Crippen molar-refractivity contribution >= 4 is 11.9 Å². The lowest BCUT2D eigenvalue weighted by Gasteiger charge is -2.11. The fraction of sp³-hybridized carbons (Fsp3) is 0.429. The minimum absolute atomic E-state index is 0.0372. The van der Waals surface area contributed by atoms with Gasteiger partial charge in [0.2, 0.25) is 0 Å². The van der Waals surface area contributed by atoms with Crippen molar-refractivity contribution in [1.82, 2.24) is 5.32 Å². The molecule has 0 aliphatic carbocycles. The van der Waals surface area contributed by atoms with Crippen LogP contribution in [0.25, 0.3) is 0 Å². The van der Waals surface area contributed by atoms with Crippen LogP contribution in [0.5, 0.6) is 5.75 Å². The third-order valence-electron chi connectivity index (χ3n) is 2.73. The SMILES string of the molecule is Cc1ccc(C)c(OCC(=O)NCCC(O)C(=O)O)c1. The second kappa shape index (κ2) is 7.49. The van der Waals surface area contributed by atoms with Gasteiger partial charge in [0, 0.05) is 13.0 Å². The topological polar surface area (TPSA) is 95.9 Å². The monoisotopic (exact) mass is 281 g/mol. The largest absolute Gasteiger partial charge is 0.483 e. The Morgan fingerprint density at radius 1 is 1.35 bits per heavy atom. The Morgan fingerprint density at radius 3 is 2.70 bits per heavy atom. The van der Waals surface area contributed by atoms with Crippen LogP contribution in [-0.2, 0) is 9.59 Å². The van der Waals surface area contributed by atoms with E-state index in [4.69, 9.17) is 14.9 Å². The first-order valence-electron chi connectivity index (χ1n) is 6.27. The molecular weight excluding hydrogens is 262 g/mol. The van der Waals surface area contributed by atoms with Crippen LogP contribution in [0, 0.1) is 13.8 Å². The Labute approximate surface area is 117 Å². The highest BCUT2D eigenvalue weighted by atomic mass is 16.5. The van der Waals surface area contributed by atoms with Gasteiger partial charge in [0.15, 0.2) is 12.7 Å². The minimum Gasteiger partial charge on any atom is -0.483 e. The van der Waals surface area contributed by atoms with Gasteiger partial charge in [-0.15, -0.1) is 0 Å². The number of benzene rings is 1. The number of carboxylic acid groups (broad SMARTS) is 1. The van der Waals surface area contributed by atoms with Gasteiger partial charge in [-0.3, -0.25) is 4.79 Å². The van der Waals surface area contributed by atoms with E-state index in [-0.39, 0.29) is 25.5 Å². The number of aliphatic hydroxyl groups excluding tert-OH is 1. The van der Waals surface area contributed by atoms with Gasteiger partial charge in [0.1, 0.15) is 5.75 Å². The number of hydrogen-bond acceptors (Lipinski definition) is 4. The van der Waals surface area contributed by atoms with Crippen molar-refractivity contribution in [3.8, 4) is 5.75 Å². The highest BCUT2D eigenvalue weighted by molar-refractivity contribution is 5.77. The Kier molecular flexibility index (Phi) is 5.99. The zero-order chi connectivity index (χ0) is 15.1. The number of rotatable bonds is 7. The highest BCUT2D eigenvalue weighted by Gasteiger charge is 2.13. The van der Waals surface area contributed by atoms with Crippen LogP contribution < -0.4 is 10.1 Å². The molecule has 0 heterocycles. The smallest absolute Gasteiger partial charge is 0.332 e. The van der Waals surface area contributed by atoms with Crippen LogP contribution in [0.2, 0.25) is 0 Å². The number of ether oxygens (including phenoxy) is 1. The first kappa shape index (κ1) is 16.0. The highest BCUT2D eigenvalue weighted by Crippen LogP contribution is 2.18. The molecule has 20 heavy (non-hydrogen) atoms. The standard InChI is InChI=1S/C14H19NO5/c1-9-3-4-10(2)12(7-9)20-8-13(17)15-6-5-11(16)14(18)19/h3-4,7,11,16H,5-6,8H2,1-2H3,(H,15,17)(H,18,19). The van der Waals surface area contributed by atoms with Gasteiger partial charge in [-0.2, -0.15) is 0 Å². The van der Waals surface area contributed by atoms with Crippen molar-refractivity contribution in [1.29, 1.82) is 0 Å². The molecule has 1 rings (SSSR count). The molecule has 0 saturated carbocycles. The third kappa shape index (κ3) is 5.27. The number of hydrogen-bond donors (Lipinski definition) is 3. The molecule has 1 amide bonds. The fourth-order valence-electron chi connectivity index (χ4n) is 1.53. The molecule has 0 aliphatic heterocycles. The molecule has 0 aliphatic rings. The van der Waals surface area contributed by atoms with Crippen molar-refractivity contribution in [2.24, 2.45) is 0 Å². The van der Waals surface area contributed by atoms with E-state index in [0.717, 1.165) is 11.1 Å². The number of aliphatic carboxylic acids is 1. The Balaban J connectivity index is 2.33. The molecule has 3 N–H and O–H groups in total. The minimum atomic E-state index is -1.46. The van der Waals surface area contributed by atoms with Gasteiger partial charge >= 0.3 is 5.97 Å². The maximum Gasteiger partial charge on any atom is 0.332 e. The van der Waals surface area contributed by atoms with Crippen LogP contribution in [0.1, 0.15) is 17.5 Å². The van der Waals surface area contributed by atoms with Crippen LogP contribution in [0.15, 0.2) is 18.2 Å². The fourth-order valence-corrected chi connectivity index (χ4v) is 1.53. The number of amides is 1. The van der Waals surface area contributed by atoms with E-state index in [2.05, 4.69) is 5.32 Å². The summed E-state index contributed by atoms with van der Waals surface area (Å²) in [4.78, 5) is 21.9. The third-order valence-corrected chi connectivity index (χ3v) is 2.73. The molecule has 0 bridgehead atoms. The summed E-state index contributed by atoms with van der Waals surface area (Å²) in [7, 11) is 0. The molecule has 1 aromatic carbocycles. The zero-order valence-electron chi connectivity index (χ0n) is 11.5. The van der Waals surface area contributed by atoms with Crippen LogP contribution >= 0.6 is 0 Å². The number of aliphatic hydroxyl groups is 1. The lowest BCUT2D eigenvalue weighted by atomic mass is 10.1. The van der Waals surface area contributed by atoms with Crippen molar-refractivity contribution in [2.75, 3.05) is 13.2 Å². The average molecular weight is 281 g/mol. The van der Waals surface area contributed by atoms with Crippen molar-refractivity contribution in [3.63, 3.8) is 0 Å². The molecule has 0 radical (unpaired) electrons. The van der Waals surface area contributed by atoms with Crippen molar-refractivity contribution < 1.29 is 24.5 Å². The number of carbonyl (C=O) groups excluding carboxylic acids is 1. The van der Waals surface area contributed by atoms with E-state index in [1.807, 2.05) is 32.0 Å². The summed E-state index contributed by atoms with van der Waals surface area (Å²) >= 11 is 0. The summed E-state index contributed by atoms with van der Waals surface area (Å²) in [6, 6.07) is 5.71. The number of carboxylic acids is 1. The van der Waals surface area contributed by atoms with Gasteiger partial charge in [-0.25, -0.2) is 4.79 Å². The summed E-state index contributed by atoms with van der Waals surface area (Å²) in [6.45, 7) is 3.76. The van der Waals surface area contributed by atoms with Crippen molar-refractivity contribution in [2.45, 2.75) is 26.4 Å². The van der Waals surface area contributed by atoms with Gasteiger partial charge in [0.05, 0.1) is 0 Å². The summed E-state index contributed by atoms with van der Waals surface area (Å²) < 4.78 is 5.39. The molecular formula is C14H19NO5. The van der Waals surface area contributed by atoms with Crippen LogP contribution in [0.3, 0.4) is 0 Å². The Hall–Kier alpha value is -2.08. The lowest BCUT2D eigenvalue weighted by molar-refractivity contribution is -0.147. The molecule has 110 valence electrons. The maximum atomic E-state index is 11.5. The van der Waals surface area contributed by atoms with Gasteiger partial charge in [-0.05, 0) is 31.0 Å². The molecule has 6 nitrogen and oxygen atoms in total. The zero-order valence-corrected chi connectivity index (χ0v) is 11.5. The molecule has 0 saturated heterocycles. The second-order valence-corrected chi connectivity index (χ2v) is 4.55. The molecule has 0 fully saturated rings. The summed E-state index contributed by atoms with van der Waals surface area (Å²) in [5.41, 5.74) is 1.97. The molecule has 1 unspecified atom stereocenters. The Morgan fingerprint density at radius 2 is 2.05 bits per heavy atom. The van der Waals surface area contributed by atoms with E-state index in [9.17, 15) is 9.59 Å². The normalized spacial score (nSPS) is 11.8. The van der Waals surface area contributed by atoms with Crippen LogP contribution in [0.4, 0.5) is 0 Å². The van der Waals surface area contributed by atoms with E-state index < -0.39 is 12.1 Å². The van der Waals surface area contributed by atoms with E-state index in [1.54, 1.807) is 0 Å². The van der Waals surface area contributed by atoms with Crippen molar-refractivity contribution in [3.05, 3.63) is 29.3 Å². The predicted octanol–water partition coefficient (Wildman–Crippen LogP) is 0.634. The van der Waals surface area contributed by atoms with E-state index in [1.165, 1.54) is 0 Å². The first-order chi connectivity index (χ1) is 9.40. The summed E-state index contributed by atoms with van der Waals surface area (Å²) in [5, 5.41) is 20.0. The second-order valence-electron chi connectivity index (χ2n) is 4.55. The lowest BCUT2D eigenvalue weighted by Crippen LogP contribution is -2.33. The first-order valence-corrected chi connectivity index (χ1v) is 6.27. The summed E-state index contributed by atoms with van der Waals surface area (Å²) in [5.74, 6) is -1.01. The molecule has 6 heteroatoms. The molecule has 1 atom stereocenters. The maximum absolute atomic E-state index is 11.5. The van der Waals surface area contributed by atoms with E-state index >= 15 is 0 Å². The molecule has 0 spiro atoms. The Bertz CT molecular complexity index is 486. The summed E-state index contributed by atoms with van der Waals surface area (Å²) in [6.07, 6.45) is -1.50. The quantitative estimate of drug-likeness (QED) is 0.681. The average Bonchev–Trinajstić information content (AvgIpc) is 2.39. The van der Waals surface area contributed by atoms with Gasteiger partial charge in [0.25, 0.3) is 5.91 Å². The van der Waals surface area contributed by atoms with Crippen LogP contribution in [-0.4, -0.2) is 41.3 Å². The number of nitrogens with one attached hydrogen (secondary N) is 1.